The van der Waals surface area contributed by atoms with E-state index >= 15 is 0 Å². The third-order valence-corrected chi connectivity index (χ3v) is 2.35. The van der Waals surface area contributed by atoms with Gasteiger partial charge in [-0.3, -0.25) is 0 Å². The molecule has 1 aromatic rings. The van der Waals surface area contributed by atoms with Crippen molar-refractivity contribution < 1.29 is 15.0 Å². The Balaban J connectivity index is 3.14. The first-order valence-electron chi connectivity index (χ1n) is 3.66. The highest BCUT2D eigenvalue weighted by Crippen LogP contribution is 2.21. The molecule has 0 aromatic heterocycles. The highest BCUT2D eigenvalue weighted by atomic mass is 79.9. The molecule has 0 aliphatic heterocycles. The summed E-state index contributed by atoms with van der Waals surface area (Å²) in [6.07, 6.45) is -1.59. The van der Waals surface area contributed by atoms with Gasteiger partial charge in [-0.1, -0.05) is 6.07 Å². The molecule has 0 radical (unpaired) electrons. The molecule has 0 spiro atoms. The molecule has 0 heterocycles. The van der Waals surface area contributed by atoms with Gasteiger partial charge in [0, 0.05) is 4.47 Å². The predicted octanol–water partition coefficient (Wildman–Crippen LogP) is 1.44. The fourth-order valence-corrected chi connectivity index (χ4v) is 1.28. The first kappa shape index (κ1) is 10.7. The summed E-state index contributed by atoms with van der Waals surface area (Å²) in [4.78, 5) is 10.4. The Labute approximate surface area is 88.5 Å². The number of carbonyl (C=O) groups is 1. The Kier molecular flexibility index (Phi) is 3.23. The van der Waals surface area contributed by atoms with E-state index in [1.54, 1.807) is 0 Å². The highest BCUT2D eigenvalue weighted by Gasteiger charge is 2.16. The van der Waals surface area contributed by atoms with Crippen LogP contribution in [0.4, 0.5) is 0 Å². The van der Waals surface area contributed by atoms with Gasteiger partial charge in [-0.2, -0.15) is 5.26 Å². The first-order chi connectivity index (χ1) is 6.56. The molecule has 14 heavy (non-hydrogen) atoms. The molecule has 1 atom stereocenters. The normalized spacial score (nSPS) is 11.8. The maximum absolute atomic E-state index is 10.4. The van der Waals surface area contributed by atoms with Gasteiger partial charge in [-0.25, -0.2) is 4.79 Å². The van der Waals surface area contributed by atoms with Crippen LogP contribution in [0.25, 0.3) is 0 Å². The summed E-state index contributed by atoms with van der Waals surface area (Å²) in [6.45, 7) is 0. The SMILES string of the molecule is N#Cc1cc(C(O)C(=O)O)ccc1Br. The van der Waals surface area contributed by atoms with Crippen LogP contribution in [0.15, 0.2) is 22.7 Å². The molecule has 0 aliphatic carbocycles. The molecule has 1 unspecified atom stereocenters. The standard InChI is InChI=1S/C9H6BrNO3/c10-7-2-1-5(3-6(7)4-11)8(12)9(13)14/h1-3,8,12H,(H,13,14). The van der Waals surface area contributed by atoms with E-state index in [-0.39, 0.29) is 5.56 Å². The lowest BCUT2D eigenvalue weighted by Gasteiger charge is -2.06. The van der Waals surface area contributed by atoms with E-state index in [1.807, 2.05) is 6.07 Å². The van der Waals surface area contributed by atoms with Gasteiger partial charge in [-0.05, 0) is 33.6 Å². The monoisotopic (exact) mass is 255 g/mol. The van der Waals surface area contributed by atoms with Gasteiger partial charge in [0.05, 0.1) is 5.56 Å². The van der Waals surface area contributed by atoms with Crippen LogP contribution in [-0.4, -0.2) is 16.2 Å². The van der Waals surface area contributed by atoms with Crippen LogP contribution < -0.4 is 0 Å². The molecular formula is C9H6BrNO3. The van der Waals surface area contributed by atoms with Crippen LogP contribution in [0.3, 0.4) is 0 Å². The molecule has 0 bridgehead atoms. The number of aliphatic carboxylic acids is 1. The number of nitriles is 1. The lowest BCUT2D eigenvalue weighted by Crippen LogP contribution is -2.10. The summed E-state index contributed by atoms with van der Waals surface area (Å²) < 4.78 is 0.571. The average molecular weight is 256 g/mol. The number of rotatable bonds is 2. The Morgan fingerprint density at radius 1 is 1.57 bits per heavy atom. The van der Waals surface area contributed by atoms with Crippen molar-refractivity contribution in [2.75, 3.05) is 0 Å². The van der Waals surface area contributed by atoms with Gasteiger partial charge < -0.3 is 10.2 Å². The van der Waals surface area contributed by atoms with Crippen molar-refractivity contribution in [2.24, 2.45) is 0 Å². The largest absolute Gasteiger partial charge is 0.479 e. The molecular weight excluding hydrogens is 250 g/mol. The van der Waals surface area contributed by atoms with Gasteiger partial charge >= 0.3 is 5.97 Å². The topological polar surface area (TPSA) is 81.3 Å². The van der Waals surface area contributed by atoms with Gasteiger partial charge in [0.25, 0.3) is 0 Å². The van der Waals surface area contributed by atoms with E-state index in [9.17, 15) is 9.90 Å². The van der Waals surface area contributed by atoms with Crippen molar-refractivity contribution in [3.8, 4) is 6.07 Å². The Hall–Kier alpha value is -1.38. The van der Waals surface area contributed by atoms with E-state index in [0.717, 1.165) is 0 Å². The maximum Gasteiger partial charge on any atom is 0.337 e. The van der Waals surface area contributed by atoms with E-state index in [4.69, 9.17) is 10.4 Å². The number of hydrogen-bond donors (Lipinski definition) is 2. The highest BCUT2D eigenvalue weighted by molar-refractivity contribution is 9.10. The molecule has 0 amide bonds. The van der Waals surface area contributed by atoms with Crippen molar-refractivity contribution in [1.82, 2.24) is 0 Å². The van der Waals surface area contributed by atoms with Crippen LogP contribution in [0.5, 0.6) is 0 Å². The van der Waals surface area contributed by atoms with Gasteiger partial charge in [-0.15, -0.1) is 0 Å². The van der Waals surface area contributed by atoms with Crippen LogP contribution in [0.2, 0.25) is 0 Å². The van der Waals surface area contributed by atoms with Crippen molar-refractivity contribution in [2.45, 2.75) is 6.10 Å². The summed E-state index contributed by atoms with van der Waals surface area (Å²) in [5.74, 6) is -1.34. The first-order valence-corrected chi connectivity index (χ1v) is 4.46. The fourth-order valence-electron chi connectivity index (χ4n) is 0.941. The Morgan fingerprint density at radius 3 is 2.71 bits per heavy atom. The molecule has 5 heteroatoms. The van der Waals surface area contributed by atoms with Gasteiger partial charge in [0.15, 0.2) is 6.10 Å². The maximum atomic E-state index is 10.4. The summed E-state index contributed by atoms with van der Waals surface area (Å²) in [7, 11) is 0. The second-order valence-corrected chi connectivity index (χ2v) is 3.45. The van der Waals surface area contributed by atoms with E-state index in [0.29, 0.717) is 10.0 Å². The number of carboxylic acids is 1. The molecule has 72 valence electrons. The zero-order valence-corrected chi connectivity index (χ0v) is 8.52. The number of aliphatic hydroxyl groups is 1. The lowest BCUT2D eigenvalue weighted by molar-refractivity contribution is -0.146. The third kappa shape index (κ3) is 2.10. The molecule has 4 nitrogen and oxygen atoms in total. The zero-order chi connectivity index (χ0) is 10.7. The van der Waals surface area contributed by atoms with E-state index in [2.05, 4.69) is 15.9 Å². The third-order valence-electron chi connectivity index (χ3n) is 1.66. The summed E-state index contributed by atoms with van der Waals surface area (Å²) in [5.41, 5.74) is 0.486. The van der Waals surface area contributed by atoms with Crippen LogP contribution >= 0.6 is 15.9 Å². The van der Waals surface area contributed by atoms with Crippen LogP contribution in [-0.2, 0) is 4.79 Å². The minimum Gasteiger partial charge on any atom is -0.479 e. The molecule has 2 N–H and O–H groups in total. The summed E-state index contributed by atoms with van der Waals surface area (Å²) in [5, 5.41) is 26.4. The van der Waals surface area contributed by atoms with Crippen molar-refractivity contribution in [1.29, 1.82) is 5.26 Å². The van der Waals surface area contributed by atoms with Gasteiger partial charge in [0.2, 0.25) is 0 Å². The number of halogens is 1. The minimum absolute atomic E-state index is 0.192. The summed E-state index contributed by atoms with van der Waals surface area (Å²) >= 11 is 3.13. The molecule has 0 fully saturated rings. The Bertz CT molecular complexity index is 411. The van der Waals surface area contributed by atoms with E-state index in [1.165, 1.54) is 18.2 Å². The van der Waals surface area contributed by atoms with E-state index < -0.39 is 12.1 Å². The van der Waals surface area contributed by atoms with Gasteiger partial charge in [0.1, 0.15) is 6.07 Å². The predicted molar refractivity (Wildman–Crippen MR) is 51.5 cm³/mol. The number of aliphatic hydroxyl groups excluding tert-OH is 1. The van der Waals surface area contributed by atoms with Crippen molar-refractivity contribution in [3.63, 3.8) is 0 Å². The quantitative estimate of drug-likeness (QED) is 0.838. The molecule has 0 saturated heterocycles. The molecule has 1 rings (SSSR count). The zero-order valence-electron chi connectivity index (χ0n) is 6.94. The Morgan fingerprint density at radius 2 is 2.21 bits per heavy atom. The number of nitrogens with zero attached hydrogens (tertiary/aromatic N) is 1. The minimum atomic E-state index is -1.59. The second-order valence-electron chi connectivity index (χ2n) is 2.59. The van der Waals surface area contributed by atoms with Crippen LogP contribution in [0, 0.1) is 11.3 Å². The number of benzene rings is 1. The molecule has 0 aliphatic rings. The average Bonchev–Trinajstić information content (AvgIpc) is 2.17. The molecule has 0 saturated carbocycles. The molecule has 1 aromatic carbocycles. The van der Waals surface area contributed by atoms with Crippen LogP contribution in [0.1, 0.15) is 17.2 Å². The summed E-state index contributed by atoms with van der Waals surface area (Å²) in [6, 6.07) is 6.19. The number of carboxylic acid groups (broad SMARTS) is 1. The fraction of sp³-hybridized carbons (Fsp3) is 0.111. The second kappa shape index (κ2) is 4.22. The number of hydrogen-bond acceptors (Lipinski definition) is 3. The van der Waals surface area contributed by atoms with Crippen molar-refractivity contribution in [3.05, 3.63) is 33.8 Å². The lowest BCUT2D eigenvalue weighted by atomic mass is 10.1. The smallest absolute Gasteiger partial charge is 0.337 e. The van der Waals surface area contributed by atoms with Crippen molar-refractivity contribution >= 4 is 21.9 Å².